The van der Waals surface area contributed by atoms with Crippen molar-refractivity contribution in [3.8, 4) is 5.75 Å². The SMILES string of the molecule is CC.CCC(C)C(=O)Oc1cc(C)cc(C)c1C(C)(C)CC(=O)O. The summed E-state index contributed by atoms with van der Waals surface area (Å²) in [7, 11) is 0. The second kappa shape index (κ2) is 9.45. The molecule has 0 saturated carbocycles. The summed E-state index contributed by atoms with van der Waals surface area (Å²) in [6.07, 6.45) is 0.683. The first-order valence-electron chi connectivity index (χ1n) is 8.63. The largest absolute Gasteiger partial charge is 0.481 e. The van der Waals surface area contributed by atoms with E-state index in [0.29, 0.717) is 12.2 Å². The zero-order valence-electron chi connectivity index (χ0n) is 16.3. The van der Waals surface area contributed by atoms with Crippen molar-refractivity contribution in [1.29, 1.82) is 0 Å². The van der Waals surface area contributed by atoms with Gasteiger partial charge < -0.3 is 9.84 Å². The fraction of sp³-hybridized carbons (Fsp3) is 0.600. The first kappa shape index (κ1) is 22.2. The Balaban J connectivity index is 0.00000254. The first-order chi connectivity index (χ1) is 11.1. The van der Waals surface area contributed by atoms with Crippen molar-refractivity contribution >= 4 is 11.9 Å². The van der Waals surface area contributed by atoms with Gasteiger partial charge in [0.2, 0.25) is 0 Å². The molecule has 4 heteroatoms. The highest BCUT2D eigenvalue weighted by Crippen LogP contribution is 2.38. The van der Waals surface area contributed by atoms with Gasteiger partial charge in [0.25, 0.3) is 0 Å². The number of aliphatic carboxylic acids is 1. The number of carbonyl (C=O) groups is 2. The van der Waals surface area contributed by atoms with E-state index in [1.165, 1.54) is 0 Å². The van der Waals surface area contributed by atoms with Gasteiger partial charge in [-0.1, -0.05) is 47.6 Å². The molecule has 0 bridgehead atoms. The second-order valence-electron chi connectivity index (χ2n) is 6.64. The van der Waals surface area contributed by atoms with Gasteiger partial charge >= 0.3 is 11.9 Å². The van der Waals surface area contributed by atoms with Crippen LogP contribution in [0.5, 0.6) is 5.75 Å². The van der Waals surface area contributed by atoms with Gasteiger partial charge in [-0.3, -0.25) is 9.59 Å². The van der Waals surface area contributed by atoms with E-state index < -0.39 is 11.4 Å². The topological polar surface area (TPSA) is 63.6 Å². The van der Waals surface area contributed by atoms with Crippen LogP contribution in [0.1, 0.15) is 71.1 Å². The van der Waals surface area contributed by atoms with Crippen LogP contribution in [0.3, 0.4) is 0 Å². The van der Waals surface area contributed by atoms with Crippen LogP contribution in [0.4, 0.5) is 0 Å². The Hall–Kier alpha value is -1.84. The zero-order chi connectivity index (χ0) is 19.1. The number of rotatable bonds is 6. The average Bonchev–Trinajstić information content (AvgIpc) is 2.45. The highest BCUT2D eigenvalue weighted by Gasteiger charge is 2.30. The lowest BCUT2D eigenvalue weighted by atomic mass is 9.78. The number of benzene rings is 1. The molecule has 0 amide bonds. The lowest BCUT2D eigenvalue weighted by molar-refractivity contribution is -0.138. The minimum Gasteiger partial charge on any atom is -0.481 e. The van der Waals surface area contributed by atoms with Gasteiger partial charge in [0.15, 0.2) is 0 Å². The highest BCUT2D eigenvalue weighted by atomic mass is 16.5. The van der Waals surface area contributed by atoms with Crippen LogP contribution in [-0.2, 0) is 15.0 Å². The third-order valence-corrected chi connectivity index (χ3v) is 3.94. The number of aryl methyl sites for hydroxylation is 2. The maximum absolute atomic E-state index is 12.1. The molecule has 0 heterocycles. The van der Waals surface area contributed by atoms with E-state index in [4.69, 9.17) is 9.84 Å². The molecule has 1 rings (SSSR count). The van der Waals surface area contributed by atoms with E-state index in [1.807, 2.05) is 67.5 Å². The van der Waals surface area contributed by atoms with Crippen LogP contribution in [0.2, 0.25) is 0 Å². The Morgan fingerprint density at radius 2 is 1.75 bits per heavy atom. The smallest absolute Gasteiger partial charge is 0.314 e. The predicted octanol–water partition coefficient (Wildman–Crippen LogP) is 5.03. The molecule has 0 aliphatic heterocycles. The van der Waals surface area contributed by atoms with E-state index >= 15 is 0 Å². The van der Waals surface area contributed by atoms with E-state index in [2.05, 4.69) is 0 Å². The second-order valence-corrected chi connectivity index (χ2v) is 6.64. The lowest BCUT2D eigenvalue weighted by Gasteiger charge is -2.28. The Bertz CT molecular complexity index is 573. The molecule has 0 aliphatic rings. The minimum atomic E-state index is -0.871. The monoisotopic (exact) mass is 336 g/mol. The van der Waals surface area contributed by atoms with Crippen LogP contribution < -0.4 is 4.74 Å². The number of hydrogen-bond donors (Lipinski definition) is 1. The number of hydrogen-bond acceptors (Lipinski definition) is 3. The Kier molecular flexibility index (Phi) is 8.73. The summed E-state index contributed by atoms with van der Waals surface area (Å²) in [6.45, 7) is 15.3. The Morgan fingerprint density at radius 3 is 2.21 bits per heavy atom. The van der Waals surface area contributed by atoms with Gasteiger partial charge in [-0.25, -0.2) is 0 Å². The molecule has 1 unspecified atom stereocenters. The van der Waals surface area contributed by atoms with Crippen LogP contribution in [0.15, 0.2) is 12.1 Å². The lowest BCUT2D eigenvalue weighted by Crippen LogP contribution is -2.26. The summed E-state index contributed by atoms with van der Waals surface area (Å²) in [5.41, 5.74) is 2.10. The predicted molar refractivity (Wildman–Crippen MR) is 97.6 cm³/mol. The molecule has 1 aromatic carbocycles. The fourth-order valence-electron chi connectivity index (χ4n) is 2.72. The van der Waals surface area contributed by atoms with Crippen molar-refractivity contribution in [2.75, 3.05) is 0 Å². The van der Waals surface area contributed by atoms with Gasteiger partial charge in [0.1, 0.15) is 5.75 Å². The normalized spacial score (nSPS) is 12.0. The third-order valence-electron chi connectivity index (χ3n) is 3.94. The molecular formula is C20H32O4. The molecule has 0 saturated heterocycles. The molecule has 0 aliphatic carbocycles. The quantitative estimate of drug-likeness (QED) is 0.584. The summed E-state index contributed by atoms with van der Waals surface area (Å²) in [6, 6.07) is 3.80. The van der Waals surface area contributed by atoms with Crippen molar-refractivity contribution in [3.05, 3.63) is 28.8 Å². The summed E-state index contributed by atoms with van der Waals surface area (Å²) in [5.74, 6) is -0.852. The molecule has 136 valence electrons. The van der Waals surface area contributed by atoms with E-state index in [9.17, 15) is 9.59 Å². The molecular weight excluding hydrogens is 304 g/mol. The first-order valence-corrected chi connectivity index (χ1v) is 8.63. The average molecular weight is 336 g/mol. The number of carboxylic acid groups (broad SMARTS) is 1. The Labute approximate surface area is 146 Å². The van der Waals surface area contributed by atoms with Gasteiger partial charge in [0.05, 0.1) is 12.3 Å². The minimum absolute atomic E-state index is 0.0230. The summed E-state index contributed by atoms with van der Waals surface area (Å²) in [5, 5.41) is 9.15. The van der Waals surface area contributed by atoms with E-state index in [1.54, 1.807) is 0 Å². The number of ether oxygens (including phenoxy) is 1. The van der Waals surface area contributed by atoms with Crippen molar-refractivity contribution in [2.24, 2.45) is 5.92 Å². The molecule has 1 N–H and O–H groups in total. The molecule has 4 nitrogen and oxygen atoms in total. The number of carboxylic acids is 1. The van der Waals surface area contributed by atoms with E-state index in [-0.39, 0.29) is 18.3 Å². The molecule has 0 aromatic heterocycles. The van der Waals surface area contributed by atoms with Crippen molar-refractivity contribution in [2.45, 2.75) is 73.6 Å². The summed E-state index contributed by atoms with van der Waals surface area (Å²) in [4.78, 5) is 23.3. The maximum Gasteiger partial charge on any atom is 0.314 e. The van der Waals surface area contributed by atoms with Crippen molar-refractivity contribution in [3.63, 3.8) is 0 Å². The van der Waals surface area contributed by atoms with Gasteiger partial charge in [-0.05, 0) is 37.5 Å². The fourth-order valence-corrected chi connectivity index (χ4v) is 2.72. The molecule has 1 atom stereocenters. The van der Waals surface area contributed by atoms with Crippen LogP contribution in [0, 0.1) is 19.8 Å². The Morgan fingerprint density at radius 1 is 1.21 bits per heavy atom. The van der Waals surface area contributed by atoms with Gasteiger partial charge in [0, 0.05) is 11.0 Å². The van der Waals surface area contributed by atoms with Crippen LogP contribution in [-0.4, -0.2) is 17.0 Å². The van der Waals surface area contributed by atoms with E-state index in [0.717, 1.165) is 16.7 Å². The van der Waals surface area contributed by atoms with Crippen LogP contribution >= 0.6 is 0 Å². The van der Waals surface area contributed by atoms with Gasteiger partial charge in [-0.15, -0.1) is 0 Å². The van der Waals surface area contributed by atoms with Crippen molar-refractivity contribution < 1.29 is 19.4 Å². The molecule has 0 spiro atoms. The maximum atomic E-state index is 12.1. The molecule has 24 heavy (non-hydrogen) atoms. The highest BCUT2D eigenvalue weighted by molar-refractivity contribution is 5.76. The molecule has 0 radical (unpaired) electrons. The zero-order valence-corrected chi connectivity index (χ0v) is 16.3. The third kappa shape index (κ3) is 5.99. The van der Waals surface area contributed by atoms with Crippen molar-refractivity contribution in [1.82, 2.24) is 0 Å². The summed E-state index contributed by atoms with van der Waals surface area (Å²) < 4.78 is 5.60. The molecule has 0 fully saturated rings. The standard InChI is InChI=1S/C18H26O4.C2H6/c1-7-12(3)17(21)22-14-9-11(2)8-13(4)16(14)18(5,6)10-15(19)20;1-2/h8-9,12H,7,10H2,1-6H3,(H,19,20);1-2H3. The number of carbonyl (C=O) groups excluding carboxylic acids is 1. The summed E-state index contributed by atoms with van der Waals surface area (Å²) >= 11 is 0. The molecule has 1 aromatic rings. The van der Waals surface area contributed by atoms with Gasteiger partial charge in [-0.2, -0.15) is 0 Å². The van der Waals surface area contributed by atoms with Crippen LogP contribution in [0.25, 0.3) is 0 Å². The number of esters is 1.